The van der Waals surface area contributed by atoms with E-state index in [9.17, 15) is 19.5 Å². The summed E-state index contributed by atoms with van der Waals surface area (Å²) in [7, 11) is 0. The minimum atomic E-state index is -1.05. The van der Waals surface area contributed by atoms with Gasteiger partial charge in [0.15, 0.2) is 0 Å². The first kappa shape index (κ1) is 18.6. The summed E-state index contributed by atoms with van der Waals surface area (Å²) in [4.78, 5) is 40.2. The third-order valence-corrected chi connectivity index (χ3v) is 4.66. The SMILES string of the molecule is Cc1cc(C(=O)O)cc(C(=O)N2CCCN(C(=O)c3ccccc3)CC2)c1. The molecule has 0 aliphatic carbocycles. The van der Waals surface area contributed by atoms with Crippen molar-refractivity contribution in [3.63, 3.8) is 0 Å². The first-order valence-electron chi connectivity index (χ1n) is 8.94. The second-order valence-electron chi connectivity index (χ2n) is 6.70. The fourth-order valence-electron chi connectivity index (χ4n) is 3.30. The van der Waals surface area contributed by atoms with Crippen LogP contribution in [0.2, 0.25) is 0 Å². The molecule has 0 radical (unpaired) electrons. The van der Waals surface area contributed by atoms with Gasteiger partial charge >= 0.3 is 5.97 Å². The zero-order chi connectivity index (χ0) is 19.4. The van der Waals surface area contributed by atoms with E-state index in [1.54, 1.807) is 41.0 Å². The molecule has 0 bridgehead atoms. The number of aryl methyl sites for hydroxylation is 1. The number of carboxylic acids is 1. The van der Waals surface area contributed by atoms with Crippen LogP contribution in [0.3, 0.4) is 0 Å². The monoisotopic (exact) mass is 366 g/mol. The Morgan fingerprint density at radius 3 is 1.93 bits per heavy atom. The van der Waals surface area contributed by atoms with E-state index in [1.165, 1.54) is 6.07 Å². The van der Waals surface area contributed by atoms with Crippen LogP contribution >= 0.6 is 0 Å². The van der Waals surface area contributed by atoms with Crippen molar-refractivity contribution < 1.29 is 19.5 Å². The van der Waals surface area contributed by atoms with Gasteiger partial charge in [0.25, 0.3) is 11.8 Å². The maximum Gasteiger partial charge on any atom is 0.335 e. The molecule has 1 saturated heterocycles. The van der Waals surface area contributed by atoms with Crippen LogP contribution in [0.1, 0.15) is 43.1 Å². The Balaban J connectivity index is 1.72. The summed E-state index contributed by atoms with van der Waals surface area (Å²) >= 11 is 0. The number of aromatic carboxylic acids is 1. The van der Waals surface area contributed by atoms with Crippen LogP contribution in [0, 0.1) is 6.92 Å². The third kappa shape index (κ3) is 4.34. The van der Waals surface area contributed by atoms with Crippen LogP contribution in [-0.4, -0.2) is 58.9 Å². The normalized spacial score (nSPS) is 14.6. The predicted molar refractivity (Wildman–Crippen MR) is 101 cm³/mol. The fraction of sp³-hybridized carbons (Fsp3) is 0.286. The van der Waals surface area contributed by atoms with E-state index in [0.717, 1.165) is 5.56 Å². The number of amides is 2. The molecule has 6 heteroatoms. The number of rotatable bonds is 3. The van der Waals surface area contributed by atoms with Crippen molar-refractivity contribution in [2.45, 2.75) is 13.3 Å². The molecule has 3 rings (SSSR count). The molecule has 1 aliphatic rings. The van der Waals surface area contributed by atoms with E-state index in [0.29, 0.717) is 43.7 Å². The van der Waals surface area contributed by atoms with Gasteiger partial charge in [0, 0.05) is 37.3 Å². The molecule has 1 N–H and O–H groups in total. The second kappa shape index (κ2) is 8.03. The second-order valence-corrected chi connectivity index (χ2v) is 6.70. The van der Waals surface area contributed by atoms with Crippen LogP contribution < -0.4 is 0 Å². The summed E-state index contributed by atoms with van der Waals surface area (Å²) in [6.45, 7) is 3.77. The van der Waals surface area contributed by atoms with Crippen molar-refractivity contribution in [2.75, 3.05) is 26.2 Å². The molecular weight excluding hydrogens is 344 g/mol. The summed E-state index contributed by atoms with van der Waals surface area (Å²) in [5, 5.41) is 9.21. The summed E-state index contributed by atoms with van der Waals surface area (Å²) < 4.78 is 0. The first-order chi connectivity index (χ1) is 13.0. The van der Waals surface area contributed by atoms with Crippen LogP contribution in [-0.2, 0) is 0 Å². The molecule has 0 spiro atoms. The van der Waals surface area contributed by atoms with Gasteiger partial charge in [0.1, 0.15) is 0 Å². The minimum Gasteiger partial charge on any atom is -0.478 e. The van der Waals surface area contributed by atoms with E-state index in [1.807, 2.05) is 18.2 Å². The van der Waals surface area contributed by atoms with Crippen molar-refractivity contribution in [2.24, 2.45) is 0 Å². The van der Waals surface area contributed by atoms with Gasteiger partial charge in [-0.2, -0.15) is 0 Å². The number of carbonyl (C=O) groups is 3. The highest BCUT2D eigenvalue weighted by Crippen LogP contribution is 2.15. The van der Waals surface area contributed by atoms with Gasteiger partial charge in [-0.3, -0.25) is 9.59 Å². The van der Waals surface area contributed by atoms with Gasteiger partial charge in [-0.15, -0.1) is 0 Å². The van der Waals surface area contributed by atoms with Crippen molar-refractivity contribution in [3.05, 3.63) is 70.8 Å². The highest BCUT2D eigenvalue weighted by Gasteiger charge is 2.24. The molecule has 140 valence electrons. The Morgan fingerprint density at radius 2 is 1.33 bits per heavy atom. The van der Waals surface area contributed by atoms with Gasteiger partial charge in [0.2, 0.25) is 0 Å². The number of hydrogen-bond donors (Lipinski definition) is 1. The largest absolute Gasteiger partial charge is 0.478 e. The zero-order valence-electron chi connectivity index (χ0n) is 15.2. The van der Waals surface area contributed by atoms with Crippen LogP contribution in [0.4, 0.5) is 0 Å². The Hall–Kier alpha value is -3.15. The van der Waals surface area contributed by atoms with Crippen LogP contribution in [0.25, 0.3) is 0 Å². The highest BCUT2D eigenvalue weighted by molar-refractivity contribution is 5.98. The van der Waals surface area contributed by atoms with Crippen molar-refractivity contribution in [1.29, 1.82) is 0 Å². The Bertz CT molecular complexity index is 864. The zero-order valence-corrected chi connectivity index (χ0v) is 15.2. The molecule has 6 nitrogen and oxygen atoms in total. The van der Waals surface area contributed by atoms with Crippen molar-refractivity contribution >= 4 is 17.8 Å². The van der Waals surface area contributed by atoms with Gasteiger partial charge in [0.05, 0.1) is 5.56 Å². The lowest BCUT2D eigenvalue weighted by Gasteiger charge is -2.22. The van der Waals surface area contributed by atoms with E-state index < -0.39 is 5.97 Å². The minimum absolute atomic E-state index is 0.0337. The molecule has 0 atom stereocenters. The number of nitrogens with zero attached hydrogens (tertiary/aromatic N) is 2. The van der Waals surface area contributed by atoms with E-state index in [-0.39, 0.29) is 17.4 Å². The standard InChI is InChI=1S/C21H22N2O4/c1-15-12-17(14-18(13-15)21(26)27)20(25)23-9-5-8-22(10-11-23)19(24)16-6-3-2-4-7-16/h2-4,6-7,12-14H,5,8-11H2,1H3,(H,26,27). The third-order valence-electron chi connectivity index (χ3n) is 4.66. The Kier molecular flexibility index (Phi) is 5.54. The van der Waals surface area contributed by atoms with Gasteiger partial charge in [-0.25, -0.2) is 4.79 Å². The maximum absolute atomic E-state index is 12.9. The van der Waals surface area contributed by atoms with E-state index in [4.69, 9.17) is 0 Å². The summed E-state index contributed by atoms with van der Waals surface area (Å²) in [5.74, 6) is -1.29. The topological polar surface area (TPSA) is 77.9 Å². The summed E-state index contributed by atoms with van der Waals surface area (Å²) in [6, 6.07) is 13.8. The first-order valence-corrected chi connectivity index (χ1v) is 8.94. The molecule has 0 saturated carbocycles. The van der Waals surface area contributed by atoms with Crippen molar-refractivity contribution in [3.8, 4) is 0 Å². The molecule has 1 heterocycles. The van der Waals surface area contributed by atoms with Gasteiger partial charge in [-0.05, 0) is 49.2 Å². The van der Waals surface area contributed by atoms with E-state index >= 15 is 0 Å². The lowest BCUT2D eigenvalue weighted by molar-refractivity contribution is 0.0694. The smallest absolute Gasteiger partial charge is 0.335 e. The average Bonchev–Trinajstić information content (AvgIpc) is 2.93. The average molecular weight is 366 g/mol. The Morgan fingerprint density at radius 1 is 0.778 bits per heavy atom. The predicted octanol–water partition coefficient (Wildman–Crippen LogP) is 2.68. The molecule has 1 fully saturated rings. The number of carbonyl (C=O) groups excluding carboxylic acids is 2. The lowest BCUT2D eigenvalue weighted by Crippen LogP contribution is -2.37. The number of benzene rings is 2. The molecule has 0 aromatic heterocycles. The molecule has 2 aromatic carbocycles. The summed E-state index contributed by atoms with van der Waals surface area (Å²) in [5.41, 5.74) is 1.85. The molecule has 2 aromatic rings. The Labute approximate surface area is 158 Å². The van der Waals surface area contributed by atoms with Gasteiger partial charge < -0.3 is 14.9 Å². The molecule has 2 amide bonds. The lowest BCUT2D eigenvalue weighted by atomic mass is 10.1. The van der Waals surface area contributed by atoms with Gasteiger partial charge in [-0.1, -0.05) is 18.2 Å². The summed E-state index contributed by atoms with van der Waals surface area (Å²) in [6.07, 6.45) is 0.682. The molecular formula is C21H22N2O4. The van der Waals surface area contributed by atoms with Crippen molar-refractivity contribution in [1.82, 2.24) is 9.80 Å². The highest BCUT2D eigenvalue weighted by atomic mass is 16.4. The number of carboxylic acid groups (broad SMARTS) is 1. The molecule has 0 unspecified atom stereocenters. The quantitative estimate of drug-likeness (QED) is 0.906. The van der Waals surface area contributed by atoms with E-state index in [2.05, 4.69) is 0 Å². The molecule has 1 aliphatic heterocycles. The van der Waals surface area contributed by atoms with Crippen LogP contribution in [0.5, 0.6) is 0 Å². The maximum atomic E-state index is 12.9. The fourth-order valence-corrected chi connectivity index (χ4v) is 3.30. The molecule has 27 heavy (non-hydrogen) atoms. The number of hydrogen-bond acceptors (Lipinski definition) is 3. The van der Waals surface area contributed by atoms with Crippen LogP contribution in [0.15, 0.2) is 48.5 Å².